The molecule has 0 radical (unpaired) electrons. The van der Waals surface area contributed by atoms with Crippen LogP contribution in [0.25, 0.3) is 22.2 Å². The number of rotatable bonds is 12. The van der Waals surface area contributed by atoms with E-state index >= 15 is 4.39 Å². The Hall–Kier alpha value is -7.02. The first-order chi connectivity index (χ1) is 36.1. The number of hydrogen-bond acceptors (Lipinski definition) is 16. The van der Waals surface area contributed by atoms with Crippen LogP contribution in [0.2, 0.25) is 5.02 Å². The molecule has 3 N–H and O–H groups in total. The molecule has 4 amide bonds. The molecule has 0 aliphatic carbocycles. The van der Waals surface area contributed by atoms with Crippen molar-refractivity contribution in [3.8, 4) is 16.9 Å². The zero-order valence-corrected chi connectivity index (χ0v) is 43.9. The zero-order chi connectivity index (χ0) is 52.3. The Morgan fingerprint density at radius 3 is 2.31 bits per heavy atom. The largest absolute Gasteiger partial charge is 0.494 e. The first-order valence-electron chi connectivity index (χ1n) is 25.4. The van der Waals surface area contributed by atoms with Crippen LogP contribution in [0, 0.1) is 17.2 Å². The van der Waals surface area contributed by atoms with E-state index in [1.54, 1.807) is 74.1 Å². The summed E-state index contributed by atoms with van der Waals surface area (Å²) in [6.45, 7) is 9.57. The molecule has 19 nitrogen and oxygen atoms in total. The number of fused-ring (bicyclic) bond motifs is 2. The lowest BCUT2D eigenvalue weighted by Crippen LogP contribution is -2.54. The Kier molecular flexibility index (Phi) is 13.3. The number of likely N-dealkylation sites (tertiary alicyclic amines) is 1. The third-order valence-corrected chi connectivity index (χ3v) is 17.6. The molecule has 1 unspecified atom stereocenters. The molecule has 3 aromatic carbocycles. The van der Waals surface area contributed by atoms with Crippen LogP contribution < -0.4 is 35.8 Å². The number of carbonyl (C=O) groups is 4. The smallest absolute Gasteiger partial charge is 0.262 e. The van der Waals surface area contributed by atoms with Gasteiger partial charge >= 0.3 is 0 Å². The highest BCUT2D eigenvalue weighted by Crippen LogP contribution is 2.48. The molecule has 4 fully saturated rings. The quantitative estimate of drug-likeness (QED) is 0.0807. The van der Waals surface area contributed by atoms with E-state index in [-0.39, 0.29) is 52.0 Å². The number of halogens is 2. The molecule has 1 atom stereocenters. The highest BCUT2D eigenvalue weighted by Gasteiger charge is 2.45. The van der Waals surface area contributed by atoms with E-state index in [1.807, 2.05) is 12.1 Å². The standard InChI is InChI=1S/C53H58ClFN13O6P/c1-64-30-32(27-59-64)43-40(26-41(74-2)46(44(43)55)62-52-58-28-36(54)48(63-52)60-38-8-7-37-45(57-18-17-56-37)47(38)75(3,4)73)67-23-15-53(16-24-67)13-21-65(22-14-53)29-31-11-19-66(20-12-31)33-5-6-34-35(25-33)51(72)68(50(34)71)39-9-10-42(69)61-49(39)70/h5-8,17-18,25-28,30-31,39H,9-16,19-24,29H2,1-4H3,(H,61,69,70)(H2,58,60,62,63). The highest BCUT2D eigenvalue weighted by molar-refractivity contribution is 7.71. The van der Waals surface area contributed by atoms with Gasteiger partial charge in [-0.15, -0.1) is 0 Å². The van der Waals surface area contributed by atoms with Crippen molar-refractivity contribution in [1.29, 1.82) is 0 Å². The molecule has 75 heavy (non-hydrogen) atoms. The summed E-state index contributed by atoms with van der Waals surface area (Å²) in [7, 11) is 0.411. The fourth-order valence-corrected chi connectivity index (χ4v) is 13.2. The lowest BCUT2D eigenvalue weighted by molar-refractivity contribution is -0.136. The van der Waals surface area contributed by atoms with E-state index in [4.69, 9.17) is 16.3 Å². The van der Waals surface area contributed by atoms with Crippen LogP contribution in [0.1, 0.15) is 72.1 Å². The second kappa shape index (κ2) is 19.9. The Labute approximate surface area is 437 Å². The van der Waals surface area contributed by atoms with Gasteiger partial charge in [-0.2, -0.15) is 10.1 Å². The summed E-state index contributed by atoms with van der Waals surface area (Å²) in [6, 6.07) is 9.78. The van der Waals surface area contributed by atoms with E-state index < -0.39 is 42.6 Å². The van der Waals surface area contributed by atoms with Crippen LogP contribution >= 0.6 is 18.7 Å². The molecule has 5 aliphatic rings. The molecular formula is C53H58ClFN13O6P. The van der Waals surface area contributed by atoms with Crippen LogP contribution in [-0.2, 0) is 21.2 Å². The van der Waals surface area contributed by atoms with E-state index in [1.165, 1.54) is 13.3 Å². The monoisotopic (exact) mass is 1060 g/mol. The summed E-state index contributed by atoms with van der Waals surface area (Å²) in [5, 5.41) is 13.7. The molecule has 4 saturated heterocycles. The van der Waals surface area contributed by atoms with Gasteiger partial charge < -0.3 is 34.6 Å². The van der Waals surface area contributed by atoms with Crippen molar-refractivity contribution in [2.45, 2.75) is 57.4 Å². The molecule has 22 heteroatoms. The number of carbonyl (C=O) groups excluding carboxylic acids is 4. The average Bonchev–Trinajstić information content (AvgIpc) is 3.94. The zero-order valence-electron chi connectivity index (χ0n) is 42.2. The Morgan fingerprint density at radius 2 is 1.60 bits per heavy atom. The first kappa shape index (κ1) is 50.2. The molecule has 6 aromatic rings. The molecule has 0 bridgehead atoms. The van der Waals surface area contributed by atoms with Gasteiger partial charge in [0.2, 0.25) is 17.8 Å². The van der Waals surface area contributed by atoms with Gasteiger partial charge in [0, 0.05) is 87.7 Å². The molecule has 3 aromatic heterocycles. The van der Waals surface area contributed by atoms with Crippen molar-refractivity contribution in [1.82, 2.24) is 44.8 Å². The van der Waals surface area contributed by atoms with Gasteiger partial charge in [-0.25, -0.2) is 9.37 Å². The normalized spacial score (nSPS) is 19.5. The molecule has 5 aliphatic heterocycles. The van der Waals surface area contributed by atoms with Crippen molar-refractivity contribution in [3.05, 3.63) is 89.3 Å². The molecular weight excluding hydrogens is 1000 g/mol. The molecule has 8 heterocycles. The molecule has 0 saturated carbocycles. The summed E-state index contributed by atoms with van der Waals surface area (Å²) in [5.41, 5.74) is 5.03. The average molecular weight is 1060 g/mol. The number of hydrogen-bond donors (Lipinski definition) is 3. The van der Waals surface area contributed by atoms with Crippen molar-refractivity contribution < 1.29 is 32.9 Å². The van der Waals surface area contributed by atoms with E-state index in [0.717, 1.165) is 94.9 Å². The number of imide groups is 2. The van der Waals surface area contributed by atoms with Gasteiger partial charge in [0.1, 0.15) is 35.2 Å². The second-order valence-electron chi connectivity index (χ2n) is 20.8. The number of piperidine rings is 4. The number of methoxy groups -OCH3 is 1. The maximum Gasteiger partial charge on any atom is 0.262 e. The van der Waals surface area contributed by atoms with Crippen LogP contribution in [0.4, 0.5) is 38.9 Å². The van der Waals surface area contributed by atoms with E-state index in [9.17, 15) is 23.7 Å². The topological polar surface area (TPSA) is 213 Å². The Balaban J connectivity index is 0.731. The number of aromatic nitrogens is 6. The van der Waals surface area contributed by atoms with Gasteiger partial charge in [0.05, 0.1) is 52.8 Å². The van der Waals surface area contributed by atoms with E-state index in [0.29, 0.717) is 50.3 Å². The summed E-state index contributed by atoms with van der Waals surface area (Å²) in [6.07, 6.45) is 14.4. The number of benzene rings is 3. The van der Waals surface area contributed by atoms with Gasteiger partial charge in [0.25, 0.3) is 11.8 Å². The predicted molar refractivity (Wildman–Crippen MR) is 285 cm³/mol. The van der Waals surface area contributed by atoms with Crippen molar-refractivity contribution in [2.75, 3.05) is 86.7 Å². The van der Waals surface area contributed by atoms with Crippen LogP contribution in [0.3, 0.4) is 0 Å². The molecule has 390 valence electrons. The van der Waals surface area contributed by atoms with Crippen molar-refractivity contribution in [2.24, 2.45) is 18.4 Å². The summed E-state index contributed by atoms with van der Waals surface area (Å²) >= 11 is 6.65. The number of nitrogens with zero attached hydrogens (tertiary/aromatic N) is 10. The third kappa shape index (κ3) is 9.67. The highest BCUT2D eigenvalue weighted by atomic mass is 35.5. The van der Waals surface area contributed by atoms with Gasteiger partial charge in [-0.1, -0.05) is 11.6 Å². The van der Waals surface area contributed by atoms with Crippen molar-refractivity contribution in [3.63, 3.8) is 0 Å². The van der Waals surface area contributed by atoms with E-state index in [2.05, 4.69) is 55.7 Å². The van der Waals surface area contributed by atoms with Gasteiger partial charge in [-0.05, 0) is 113 Å². The molecule has 1 spiro atoms. The fourth-order valence-electron chi connectivity index (χ4n) is 11.7. The minimum absolute atomic E-state index is 0.0469. The Morgan fingerprint density at radius 1 is 0.867 bits per heavy atom. The number of aryl methyl sites for hydroxylation is 1. The Bertz CT molecular complexity index is 3330. The number of nitrogens with one attached hydrogen (secondary N) is 3. The minimum Gasteiger partial charge on any atom is -0.494 e. The van der Waals surface area contributed by atoms with Gasteiger partial charge in [0.15, 0.2) is 11.6 Å². The van der Waals surface area contributed by atoms with Crippen LogP contribution in [-0.4, -0.2) is 135 Å². The number of ether oxygens (including phenoxy) is 1. The van der Waals surface area contributed by atoms with Crippen LogP contribution in [0.15, 0.2) is 67.4 Å². The fraction of sp³-hybridized carbons (Fsp3) is 0.415. The minimum atomic E-state index is -2.90. The lowest BCUT2D eigenvalue weighted by atomic mass is 9.71. The summed E-state index contributed by atoms with van der Waals surface area (Å²) in [5.74, 6) is -1.48. The third-order valence-electron chi connectivity index (χ3n) is 15.8. The molecule has 11 rings (SSSR count). The van der Waals surface area contributed by atoms with Gasteiger partial charge in [-0.3, -0.25) is 44.0 Å². The second-order valence-corrected chi connectivity index (χ2v) is 24.4. The maximum absolute atomic E-state index is 17.4. The predicted octanol–water partition coefficient (Wildman–Crippen LogP) is 7.36. The number of anilines is 6. The lowest BCUT2D eigenvalue weighted by Gasteiger charge is -2.48. The maximum atomic E-state index is 17.4. The summed E-state index contributed by atoms with van der Waals surface area (Å²) < 4.78 is 38.6. The first-order valence-corrected chi connectivity index (χ1v) is 28.4. The summed E-state index contributed by atoms with van der Waals surface area (Å²) in [4.78, 5) is 77.1. The number of amides is 4. The SMILES string of the molecule is COc1cc(N2CCC3(CCN(CC4CCN(c5ccc6c(c5)C(=O)N(C5CCC(=O)NC5=O)C6=O)CC4)CC3)CC2)c(-c2cnn(C)c2)c(F)c1Nc1ncc(Cl)c(Nc2ccc3nccnc3c2P(C)(C)=O)n1. The van der Waals surface area contributed by atoms with Crippen molar-refractivity contribution >= 4 is 93.2 Å². The van der Waals surface area contributed by atoms with Crippen LogP contribution in [0.5, 0.6) is 5.75 Å².